The van der Waals surface area contributed by atoms with E-state index in [9.17, 15) is 9.59 Å². The Kier molecular flexibility index (Phi) is 7.91. The summed E-state index contributed by atoms with van der Waals surface area (Å²) < 4.78 is 12.7. The first-order valence-electron chi connectivity index (χ1n) is 10.2. The maximum absolute atomic E-state index is 13.4. The Hall–Kier alpha value is -2.50. The van der Waals surface area contributed by atoms with E-state index in [4.69, 9.17) is 9.47 Å². The molecule has 0 saturated heterocycles. The monoisotopic (exact) mass is 388 g/mol. The number of hydrogen-bond acceptors (Lipinski definition) is 4. The highest BCUT2D eigenvalue weighted by molar-refractivity contribution is 6.02. The van der Waals surface area contributed by atoms with E-state index in [1.165, 1.54) is 0 Å². The molecule has 0 fully saturated rings. The molecule has 0 radical (unpaired) electrons. The topological polar surface area (TPSA) is 60.8 Å². The molecule has 0 atom stereocenters. The van der Waals surface area contributed by atoms with Crippen molar-refractivity contribution in [3.63, 3.8) is 0 Å². The smallest absolute Gasteiger partial charge is 0.307 e. The van der Waals surface area contributed by atoms with Gasteiger partial charge in [-0.2, -0.15) is 0 Å². The van der Waals surface area contributed by atoms with Crippen molar-refractivity contribution in [3.8, 4) is 5.75 Å². The van der Waals surface area contributed by atoms with Crippen LogP contribution in [0.3, 0.4) is 0 Å². The lowest BCUT2D eigenvalue weighted by molar-refractivity contribution is -0.143. The van der Waals surface area contributed by atoms with Gasteiger partial charge < -0.3 is 18.9 Å². The van der Waals surface area contributed by atoms with Crippen molar-refractivity contribution in [2.45, 2.75) is 54.0 Å². The summed E-state index contributed by atoms with van der Waals surface area (Å²) in [4.78, 5) is 26.9. The second-order valence-electron chi connectivity index (χ2n) is 6.68. The zero-order valence-corrected chi connectivity index (χ0v) is 17.7. The maximum atomic E-state index is 13.4. The number of aryl methyl sites for hydroxylation is 2. The van der Waals surface area contributed by atoms with Crippen molar-refractivity contribution < 1.29 is 19.1 Å². The average Bonchev–Trinajstić information content (AvgIpc) is 2.96. The number of fused-ring (bicyclic) bond motifs is 1. The molecule has 2 rings (SSSR count). The van der Waals surface area contributed by atoms with Gasteiger partial charge in [-0.25, -0.2) is 0 Å². The van der Waals surface area contributed by atoms with Gasteiger partial charge in [0.15, 0.2) is 0 Å². The van der Waals surface area contributed by atoms with Crippen LogP contribution in [0.2, 0.25) is 0 Å². The van der Waals surface area contributed by atoms with E-state index >= 15 is 0 Å². The van der Waals surface area contributed by atoms with E-state index in [-0.39, 0.29) is 18.3 Å². The minimum absolute atomic E-state index is 0.0420. The average molecular weight is 389 g/mol. The third kappa shape index (κ3) is 4.66. The largest absolute Gasteiger partial charge is 0.494 e. The fraction of sp³-hybridized carbons (Fsp3) is 0.545. The van der Waals surface area contributed by atoms with E-state index in [1.54, 1.807) is 11.8 Å². The van der Waals surface area contributed by atoms with Gasteiger partial charge in [0, 0.05) is 30.5 Å². The molecule has 0 aliphatic rings. The van der Waals surface area contributed by atoms with E-state index in [0.717, 1.165) is 28.6 Å². The van der Waals surface area contributed by atoms with Gasteiger partial charge in [0.1, 0.15) is 11.4 Å². The Bertz CT molecular complexity index is 826. The van der Waals surface area contributed by atoms with Gasteiger partial charge in [-0.3, -0.25) is 9.59 Å². The number of amides is 1. The summed E-state index contributed by atoms with van der Waals surface area (Å²) in [6.45, 7) is 12.4. The van der Waals surface area contributed by atoms with Crippen LogP contribution >= 0.6 is 0 Å². The fourth-order valence-corrected chi connectivity index (χ4v) is 3.56. The molecule has 154 valence electrons. The summed E-state index contributed by atoms with van der Waals surface area (Å²) >= 11 is 0. The molecule has 0 aliphatic heterocycles. The Morgan fingerprint density at radius 2 is 1.82 bits per heavy atom. The lowest BCUT2D eigenvalue weighted by Gasteiger charge is -2.23. The molecular weight excluding hydrogens is 356 g/mol. The first kappa shape index (κ1) is 21.8. The van der Waals surface area contributed by atoms with E-state index in [0.29, 0.717) is 38.5 Å². The molecule has 28 heavy (non-hydrogen) atoms. The Labute approximate surface area is 167 Å². The van der Waals surface area contributed by atoms with E-state index in [2.05, 4.69) is 4.57 Å². The fourth-order valence-electron chi connectivity index (χ4n) is 3.56. The van der Waals surface area contributed by atoms with Crippen LogP contribution in [0.4, 0.5) is 0 Å². The van der Waals surface area contributed by atoms with Crippen molar-refractivity contribution >= 4 is 22.8 Å². The zero-order chi connectivity index (χ0) is 20.7. The predicted octanol–water partition coefficient (Wildman–Crippen LogP) is 4.17. The molecule has 6 nitrogen and oxygen atoms in total. The highest BCUT2D eigenvalue weighted by atomic mass is 16.5. The van der Waals surface area contributed by atoms with Crippen LogP contribution in [-0.4, -0.2) is 47.6 Å². The third-order valence-electron chi connectivity index (χ3n) is 4.79. The van der Waals surface area contributed by atoms with Gasteiger partial charge in [0.25, 0.3) is 5.91 Å². The maximum Gasteiger partial charge on any atom is 0.307 e. The van der Waals surface area contributed by atoms with Crippen molar-refractivity contribution in [3.05, 3.63) is 29.5 Å². The second-order valence-corrected chi connectivity index (χ2v) is 6.68. The molecule has 0 unspecified atom stereocenters. The third-order valence-corrected chi connectivity index (χ3v) is 4.79. The van der Waals surface area contributed by atoms with Crippen LogP contribution in [-0.2, 0) is 16.1 Å². The first-order chi connectivity index (χ1) is 13.5. The van der Waals surface area contributed by atoms with Crippen LogP contribution in [0.5, 0.6) is 5.75 Å². The molecule has 1 aromatic carbocycles. The Morgan fingerprint density at radius 3 is 2.43 bits per heavy atom. The molecule has 0 bridgehead atoms. The predicted molar refractivity (Wildman–Crippen MR) is 111 cm³/mol. The van der Waals surface area contributed by atoms with Crippen LogP contribution in [0.25, 0.3) is 10.9 Å². The summed E-state index contributed by atoms with van der Waals surface area (Å²) in [6.07, 6.45) is 1.04. The van der Waals surface area contributed by atoms with Gasteiger partial charge in [0.05, 0.1) is 19.6 Å². The van der Waals surface area contributed by atoms with Crippen molar-refractivity contribution in [2.75, 3.05) is 26.3 Å². The second kappa shape index (κ2) is 10.2. The normalized spacial score (nSPS) is 10.9. The number of ether oxygens (including phenoxy) is 2. The van der Waals surface area contributed by atoms with Gasteiger partial charge in [0.2, 0.25) is 0 Å². The molecular formula is C22H32N2O4. The molecule has 0 aliphatic carbocycles. The zero-order valence-electron chi connectivity index (χ0n) is 17.7. The number of aromatic nitrogens is 1. The Balaban J connectivity index is 2.40. The number of carbonyl (C=O) groups is 2. The number of benzene rings is 1. The van der Waals surface area contributed by atoms with Gasteiger partial charge in [-0.15, -0.1) is 0 Å². The highest BCUT2D eigenvalue weighted by Crippen LogP contribution is 2.30. The van der Waals surface area contributed by atoms with Gasteiger partial charge in [-0.05, 0) is 57.9 Å². The molecule has 0 saturated carbocycles. The van der Waals surface area contributed by atoms with E-state index in [1.807, 2.05) is 45.9 Å². The molecule has 6 heteroatoms. The lowest BCUT2D eigenvalue weighted by Crippen LogP contribution is -2.35. The van der Waals surface area contributed by atoms with Crippen LogP contribution < -0.4 is 4.74 Å². The lowest BCUT2D eigenvalue weighted by atomic mass is 10.1. The summed E-state index contributed by atoms with van der Waals surface area (Å²) in [5.41, 5.74) is 2.65. The molecule has 2 aromatic rings. The number of carbonyl (C=O) groups excluding carboxylic acids is 2. The number of nitrogens with zero attached hydrogens (tertiary/aromatic N) is 2. The molecule has 0 spiro atoms. The van der Waals surface area contributed by atoms with Crippen molar-refractivity contribution in [1.29, 1.82) is 0 Å². The van der Waals surface area contributed by atoms with Crippen molar-refractivity contribution in [2.24, 2.45) is 0 Å². The Morgan fingerprint density at radius 1 is 1.07 bits per heavy atom. The molecule has 1 amide bonds. The van der Waals surface area contributed by atoms with Crippen LogP contribution in [0.15, 0.2) is 18.2 Å². The van der Waals surface area contributed by atoms with Crippen molar-refractivity contribution in [1.82, 2.24) is 9.47 Å². The summed E-state index contributed by atoms with van der Waals surface area (Å²) in [5, 5.41) is 1.03. The summed E-state index contributed by atoms with van der Waals surface area (Å²) in [7, 11) is 0. The molecule has 1 heterocycles. The highest BCUT2D eigenvalue weighted by Gasteiger charge is 2.24. The van der Waals surface area contributed by atoms with Crippen LogP contribution in [0, 0.1) is 6.92 Å². The SMILES string of the molecule is CCCN(CCC(=O)OCC)C(=O)c1c(C)c2cc(OCC)ccc2n1CC. The quantitative estimate of drug-likeness (QED) is 0.573. The first-order valence-corrected chi connectivity index (χ1v) is 10.2. The van der Waals surface area contributed by atoms with Gasteiger partial charge in [-0.1, -0.05) is 6.92 Å². The molecule has 0 N–H and O–H groups in total. The van der Waals surface area contributed by atoms with Crippen LogP contribution in [0.1, 0.15) is 56.6 Å². The standard InChI is InChI=1S/C22H32N2O4/c1-6-13-23(14-12-20(25)28-9-4)22(26)21-16(5)18-15-17(27-8-3)10-11-19(18)24(21)7-2/h10-11,15H,6-9,12-14H2,1-5H3. The summed E-state index contributed by atoms with van der Waals surface area (Å²) in [6, 6.07) is 5.95. The van der Waals surface area contributed by atoms with E-state index < -0.39 is 0 Å². The minimum Gasteiger partial charge on any atom is -0.494 e. The molecule has 1 aromatic heterocycles. The number of esters is 1. The number of rotatable bonds is 10. The summed E-state index contributed by atoms with van der Waals surface area (Å²) in [5.74, 6) is 0.489. The number of hydrogen-bond donors (Lipinski definition) is 0. The minimum atomic E-state index is -0.273. The van der Waals surface area contributed by atoms with Gasteiger partial charge >= 0.3 is 5.97 Å².